The molecular formula is C28H40O9. The van der Waals surface area contributed by atoms with Gasteiger partial charge in [-0.15, -0.1) is 0 Å². The van der Waals surface area contributed by atoms with Crippen molar-refractivity contribution in [1.29, 1.82) is 0 Å². The zero-order valence-corrected chi connectivity index (χ0v) is 22.9. The summed E-state index contributed by atoms with van der Waals surface area (Å²) in [5.74, 6) is -3.59. The molecule has 9 nitrogen and oxygen atoms in total. The van der Waals surface area contributed by atoms with Gasteiger partial charge in [-0.2, -0.15) is 0 Å². The Balaban J connectivity index is 2.04. The number of esters is 2. The lowest BCUT2D eigenvalue weighted by Gasteiger charge is -2.67. The van der Waals surface area contributed by atoms with E-state index in [4.69, 9.17) is 14.2 Å². The normalized spacial score (nSPS) is 42.6. The molecule has 0 aromatic rings. The van der Waals surface area contributed by atoms with Gasteiger partial charge in [-0.05, 0) is 36.8 Å². The second-order valence-corrected chi connectivity index (χ2v) is 12.2. The number of allylic oxidation sites excluding steroid dienone is 1. The van der Waals surface area contributed by atoms with Gasteiger partial charge in [-0.25, -0.2) is 0 Å². The molecule has 0 spiro atoms. The number of aliphatic hydroxyl groups is 2. The summed E-state index contributed by atoms with van der Waals surface area (Å²) in [7, 11) is 0. The number of unbranched alkanes of at least 4 members (excludes halogenated alkanes) is 1. The number of ketones is 2. The SMILES string of the molecule is CCCCC(=O)OC1C2C3(OC(C)=O)COC3C[C@H](C)[C@@]2(C)C(=O)C(O)C2=C(C)C(=O)CC1(O)C2(C)C. The molecule has 2 saturated carbocycles. The fraction of sp³-hybridized carbons (Fsp3) is 0.786. The first kappa shape index (κ1) is 27.9. The van der Waals surface area contributed by atoms with Crippen molar-refractivity contribution in [3.8, 4) is 0 Å². The summed E-state index contributed by atoms with van der Waals surface area (Å²) in [6, 6.07) is 0. The highest BCUT2D eigenvalue weighted by atomic mass is 16.6. The van der Waals surface area contributed by atoms with Crippen LogP contribution < -0.4 is 0 Å². The first-order chi connectivity index (χ1) is 17.1. The van der Waals surface area contributed by atoms with E-state index < -0.39 is 69.8 Å². The van der Waals surface area contributed by atoms with E-state index in [0.29, 0.717) is 12.8 Å². The summed E-state index contributed by atoms with van der Waals surface area (Å²) in [5.41, 5.74) is -5.68. The van der Waals surface area contributed by atoms with E-state index in [1.807, 2.05) is 13.8 Å². The lowest BCUT2D eigenvalue weighted by Crippen LogP contribution is -2.80. The van der Waals surface area contributed by atoms with Crippen LogP contribution in [0, 0.1) is 22.7 Å². The van der Waals surface area contributed by atoms with Crippen molar-refractivity contribution in [3.63, 3.8) is 0 Å². The second-order valence-electron chi connectivity index (χ2n) is 12.2. The van der Waals surface area contributed by atoms with Gasteiger partial charge in [0.15, 0.2) is 17.2 Å². The van der Waals surface area contributed by atoms with Crippen LogP contribution in [-0.2, 0) is 33.4 Å². The van der Waals surface area contributed by atoms with E-state index in [0.717, 1.165) is 6.42 Å². The van der Waals surface area contributed by atoms with Gasteiger partial charge in [0.2, 0.25) is 0 Å². The Bertz CT molecular complexity index is 1060. The number of fused-ring (bicyclic) bond motifs is 5. The van der Waals surface area contributed by atoms with Gasteiger partial charge in [0.05, 0.1) is 12.5 Å². The van der Waals surface area contributed by atoms with Crippen LogP contribution in [-0.4, -0.2) is 69.8 Å². The van der Waals surface area contributed by atoms with E-state index in [2.05, 4.69) is 0 Å². The monoisotopic (exact) mass is 520 g/mol. The molecule has 0 aromatic carbocycles. The van der Waals surface area contributed by atoms with Gasteiger partial charge in [0.25, 0.3) is 0 Å². The summed E-state index contributed by atoms with van der Waals surface area (Å²) in [6.45, 7) is 11.6. The minimum absolute atomic E-state index is 0.0528. The number of aliphatic hydroxyl groups excluding tert-OH is 1. The molecule has 1 saturated heterocycles. The number of Topliss-reactive ketones (excluding diaryl/α,β-unsaturated/α-hetero) is 2. The van der Waals surface area contributed by atoms with Gasteiger partial charge in [0, 0.05) is 30.6 Å². The second kappa shape index (κ2) is 8.99. The van der Waals surface area contributed by atoms with Crippen LogP contribution in [0.15, 0.2) is 11.1 Å². The highest BCUT2D eigenvalue weighted by Crippen LogP contribution is 2.64. The van der Waals surface area contributed by atoms with Crippen LogP contribution in [0.3, 0.4) is 0 Å². The number of hydrogen-bond donors (Lipinski definition) is 2. The van der Waals surface area contributed by atoms with Gasteiger partial charge in [-0.1, -0.05) is 41.0 Å². The Morgan fingerprint density at radius 1 is 1.19 bits per heavy atom. The number of carbonyl (C=O) groups excluding carboxylic acids is 4. The molecule has 0 amide bonds. The van der Waals surface area contributed by atoms with Crippen LogP contribution in [0.4, 0.5) is 0 Å². The van der Waals surface area contributed by atoms with Crippen LogP contribution in [0.5, 0.6) is 0 Å². The molecular weight excluding hydrogens is 480 g/mol. The van der Waals surface area contributed by atoms with E-state index in [1.165, 1.54) is 6.92 Å². The predicted octanol–water partition coefficient (Wildman–Crippen LogP) is 2.44. The van der Waals surface area contributed by atoms with Crippen molar-refractivity contribution < 1.29 is 43.6 Å². The summed E-state index contributed by atoms with van der Waals surface area (Å²) >= 11 is 0. The third-order valence-corrected chi connectivity index (χ3v) is 9.98. The van der Waals surface area contributed by atoms with Gasteiger partial charge in [0.1, 0.15) is 23.9 Å². The van der Waals surface area contributed by atoms with Crippen molar-refractivity contribution >= 4 is 23.5 Å². The first-order valence-corrected chi connectivity index (χ1v) is 13.3. The Morgan fingerprint density at radius 3 is 2.38 bits per heavy atom. The molecule has 0 radical (unpaired) electrons. The number of ether oxygens (including phenoxy) is 3. The lowest BCUT2D eigenvalue weighted by molar-refractivity contribution is -0.340. The Hall–Kier alpha value is -2.10. The third kappa shape index (κ3) is 3.67. The van der Waals surface area contributed by atoms with Crippen LogP contribution in [0.2, 0.25) is 0 Å². The maximum atomic E-state index is 14.3. The third-order valence-electron chi connectivity index (χ3n) is 9.98. The average Bonchev–Trinajstić information content (AvgIpc) is 2.80. The first-order valence-electron chi connectivity index (χ1n) is 13.3. The van der Waals surface area contributed by atoms with Gasteiger partial charge < -0.3 is 24.4 Å². The largest absolute Gasteiger partial charge is 0.459 e. The molecule has 4 rings (SSSR count). The number of rotatable bonds is 5. The summed E-state index contributed by atoms with van der Waals surface area (Å²) < 4.78 is 17.9. The molecule has 2 N–H and O–H groups in total. The van der Waals surface area contributed by atoms with Crippen molar-refractivity contribution in [3.05, 3.63) is 11.1 Å². The van der Waals surface area contributed by atoms with Crippen LogP contribution in [0.25, 0.3) is 0 Å². The molecule has 37 heavy (non-hydrogen) atoms. The lowest BCUT2D eigenvalue weighted by atomic mass is 9.43. The van der Waals surface area contributed by atoms with Crippen molar-refractivity contribution in [2.24, 2.45) is 22.7 Å². The smallest absolute Gasteiger partial charge is 0.306 e. The summed E-state index contributed by atoms with van der Waals surface area (Å²) in [5, 5.41) is 24.1. The molecule has 1 heterocycles. The fourth-order valence-electron chi connectivity index (χ4n) is 7.54. The Morgan fingerprint density at radius 2 is 1.84 bits per heavy atom. The Labute approximate surface area is 217 Å². The quantitative estimate of drug-likeness (QED) is 0.524. The maximum absolute atomic E-state index is 14.3. The predicted molar refractivity (Wildman–Crippen MR) is 131 cm³/mol. The van der Waals surface area contributed by atoms with Crippen molar-refractivity contribution in [1.82, 2.24) is 0 Å². The fourth-order valence-corrected chi connectivity index (χ4v) is 7.54. The standard InChI is InChI=1S/C28H40O9/c1-8-9-10-19(31)36-24-22-26(7,14(2)11-18-27(22,13-35-18)37-16(4)29)23(33)21(32)20-15(3)17(30)12-28(24,34)25(20,5)6/h14,18,21-22,24,32,34H,8-13H2,1-7H3/t14-,18?,21?,22?,24?,26+,27?,28?/m0/s1. The van der Waals surface area contributed by atoms with Crippen molar-refractivity contribution in [2.45, 2.75) is 110 Å². The Kier molecular flexibility index (Phi) is 6.78. The maximum Gasteiger partial charge on any atom is 0.306 e. The molecule has 1 aliphatic heterocycles. The average molecular weight is 521 g/mol. The van der Waals surface area contributed by atoms with Gasteiger partial charge in [-0.3, -0.25) is 19.2 Å². The van der Waals surface area contributed by atoms with Crippen LogP contribution >= 0.6 is 0 Å². The summed E-state index contributed by atoms with van der Waals surface area (Å²) in [4.78, 5) is 53.1. The molecule has 3 aliphatic carbocycles. The molecule has 206 valence electrons. The molecule has 9 heteroatoms. The topological polar surface area (TPSA) is 136 Å². The minimum Gasteiger partial charge on any atom is -0.459 e. The van der Waals surface area contributed by atoms with E-state index in [1.54, 1.807) is 27.7 Å². The summed E-state index contributed by atoms with van der Waals surface area (Å²) in [6.07, 6.45) is -2.23. The number of hydrogen-bond acceptors (Lipinski definition) is 9. The molecule has 3 fully saturated rings. The molecule has 4 aliphatic rings. The van der Waals surface area contributed by atoms with E-state index in [9.17, 15) is 29.4 Å². The van der Waals surface area contributed by atoms with Gasteiger partial charge >= 0.3 is 11.9 Å². The molecule has 8 atom stereocenters. The molecule has 0 aromatic heterocycles. The highest BCUT2D eigenvalue weighted by Gasteiger charge is 2.77. The zero-order valence-electron chi connectivity index (χ0n) is 22.9. The minimum atomic E-state index is -1.99. The van der Waals surface area contributed by atoms with E-state index in [-0.39, 0.29) is 36.5 Å². The van der Waals surface area contributed by atoms with E-state index >= 15 is 0 Å². The zero-order chi connectivity index (χ0) is 27.7. The molecule has 6 unspecified atom stereocenters. The highest BCUT2D eigenvalue weighted by molar-refractivity contribution is 6.02. The molecule has 2 bridgehead atoms. The van der Waals surface area contributed by atoms with Crippen LogP contribution in [0.1, 0.15) is 80.6 Å². The number of carbonyl (C=O) groups is 4. The van der Waals surface area contributed by atoms with Crippen molar-refractivity contribution in [2.75, 3.05) is 6.61 Å².